The van der Waals surface area contributed by atoms with Crippen LogP contribution in [0.5, 0.6) is 0 Å². The quantitative estimate of drug-likeness (QED) is 0.901. The zero-order valence-electron chi connectivity index (χ0n) is 13.8. The van der Waals surface area contributed by atoms with Crippen molar-refractivity contribution < 1.29 is 4.79 Å². The Morgan fingerprint density at radius 1 is 1.27 bits per heavy atom. The molecule has 4 saturated carbocycles. The highest BCUT2D eigenvalue weighted by Crippen LogP contribution is 2.69. The van der Waals surface area contributed by atoms with Crippen LogP contribution >= 0.6 is 0 Å². The average Bonchev–Trinajstić information content (AvgIpc) is 2.87. The Kier molecular flexibility index (Phi) is 2.80. The third-order valence-electron chi connectivity index (χ3n) is 6.30. The first kappa shape index (κ1) is 14.2. The van der Waals surface area contributed by atoms with E-state index in [1.807, 2.05) is 6.92 Å². The SMILES string of the molecule is C[C@@H](NC(=O)C12CC3C[C@@](C)(C1)C[C@@](C)(C3)C2)c1ncn[nH]1. The Morgan fingerprint density at radius 3 is 2.50 bits per heavy atom. The van der Waals surface area contributed by atoms with Crippen molar-refractivity contribution in [1.29, 1.82) is 0 Å². The van der Waals surface area contributed by atoms with Crippen LogP contribution in [-0.2, 0) is 4.79 Å². The molecule has 0 unspecified atom stereocenters. The highest BCUT2D eigenvalue weighted by Gasteiger charge is 2.62. The van der Waals surface area contributed by atoms with Gasteiger partial charge >= 0.3 is 0 Å². The van der Waals surface area contributed by atoms with E-state index in [4.69, 9.17) is 0 Å². The second-order valence-corrected chi connectivity index (χ2v) is 8.98. The van der Waals surface area contributed by atoms with Gasteiger partial charge in [0.05, 0.1) is 11.5 Å². The molecule has 22 heavy (non-hydrogen) atoms. The molecule has 0 saturated heterocycles. The molecule has 0 aromatic carbocycles. The lowest BCUT2D eigenvalue weighted by atomic mass is 9.40. The minimum Gasteiger partial charge on any atom is -0.346 e. The highest BCUT2D eigenvalue weighted by molar-refractivity contribution is 5.83. The zero-order valence-corrected chi connectivity index (χ0v) is 13.8. The molecule has 4 aliphatic carbocycles. The second-order valence-electron chi connectivity index (χ2n) is 8.98. The van der Waals surface area contributed by atoms with E-state index in [9.17, 15) is 4.79 Å². The topological polar surface area (TPSA) is 70.7 Å². The minimum absolute atomic E-state index is 0.108. The van der Waals surface area contributed by atoms with Crippen molar-refractivity contribution in [3.05, 3.63) is 12.2 Å². The normalized spacial score (nSPS) is 44.0. The van der Waals surface area contributed by atoms with Gasteiger partial charge < -0.3 is 5.32 Å². The van der Waals surface area contributed by atoms with E-state index < -0.39 is 0 Å². The predicted octanol–water partition coefficient (Wildman–Crippen LogP) is 2.98. The Hall–Kier alpha value is -1.39. The van der Waals surface area contributed by atoms with Crippen LogP contribution in [0.1, 0.15) is 71.2 Å². The summed E-state index contributed by atoms with van der Waals surface area (Å²) in [6.45, 7) is 6.78. The predicted molar refractivity (Wildman–Crippen MR) is 82.8 cm³/mol. The number of carbonyl (C=O) groups is 1. The van der Waals surface area contributed by atoms with E-state index in [0.29, 0.717) is 10.8 Å². The molecule has 4 aliphatic rings. The average molecular weight is 302 g/mol. The second kappa shape index (κ2) is 4.33. The van der Waals surface area contributed by atoms with Crippen molar-refractivity contribution in [3.63, 3.8) is 0 Å². The molecule has 1 aromatic rings. The maximum atomic E-state index is 13.1. The van der Waals surface area contributed by atoms with Gasteiger partial charge in [-0.3, -0.25) is 9.89 Å². The molecular formula is C17H26N4O. The van der Waals surface area contributed by atoms with Gasteiger partial charge in [-0.2, -0.15) is 5.10 Å². The summed E-state index contributed by atoms with van der Waals surface area (Å²) in [5.41, 5.74) is 0.569. The van der Waals surface area contributed by atoms with Gasteiger partial charge in [-0.1, -0.05) is 13.8 Å². The first-order chi connectivity index (χ1) is 10.3. The summed E-state index contributed by atoms with van der Waals surface area (Å²) < 4.78 is 0. The number of rotatable bonds is 3. The molecule has 5 rings (SSSR count). The van der Waals surface area contributed by atoms with Gasteiger partial charge in [0.1, 0.15) is 12.2 Å². The van der Waals surface area contributed by atoms with Crippen LogP contribution < -0.4 is 5.32 Å². The smallest absolute Gasteiger partial charge is 0.226 e. The van der Waals surface area contributed by atoms with E-state index in [-0.39, 0.29) is 17.4 Å². The lowest BCUT2D eigenvalue weighted by Gasteiger charge is -2.64. The molecular weight excluding hydrogens is 276 g/mol. The fourth-order valence-corrected chi connectivity index (χ4v) is 6.54. The molecule has 5 nitrogen and oxygen atoms in total. The van der Waals surface area contributed by atoms with Crippen LogP contribution in [0, 0.1) is 22.2 Å². The largest absolute Gasteiger partial charge is 0.346 e. The first-order valence-corrected chi connectivity index (χ1v) is 8.48. The van der Waals surface area contributed by atoms with Crippen LogP contribution in [0.4, 0.5) is 0 Å². The van der Waals surface area contributed by atoms with Gasteiger partial charge in [-0.25, -0.2) is 4.98 Å². The molecule has 2 N–H and O–H groups in total. The third-order valence-corrected chi connectivity index (χ3v) is 6.30. The van der Waals surface area contributed by atoms with Crippen LogP contribution in [0.25, 0.3) is 0 Å². The number of aromatic amines is 1. The number of hydrogen-bond donors (Lipinski definition) is 2. The van der Waals surface area contributed by atoms with Gasteiger partial charge in [-0.15, -0.1) is 0 Å². The monoisotopic (exact) mass is 302 g/mol. The van der Waals surface area contributed by atoms with Gasteiger partial charge in [0.25, 0.3) is 0 Å². The minimum atomic E-state index is -0.156. The molecule has 4 fully saturated rings. The van der Waals surface area contributed by atoms with Gasteiger partial charge in [0, 0.05) is 0 Å². The summed E-state index contributed by atoms with van der Waals surface area (Å²) in [5.74, 6) is 1.70. The molecule has 1 amide bonds. The summed E-state index contributed by atoms with van der Waals surface area (Å²) >= 11 is 0. The Labute approximate surface area is 131 Å². The van der Waals surface area contributed by atoms with Gasteiger partial charge in [0.2, 0.25) is 5.91 Å². The number of aromatic nitrogens is 3. The van der Waals surface area contributed by atoms with Gasteiger partial charge in [-0.05, 0) is 62.2 Å². The van der Waals surface area contributed by atoms with Crippen LogP contribution in [-0.4, -0.2) is 21.1 Å². The number of hydrogen-bond acceptors (Lipinski definition) is 3. The number of carbonyl (C=O) groups excluding carboxylic acids is 1. The Balaban J connectivity index is 1.57. The maximum Gasteiger partial charge on any atom is 0.226 e. The van der Waals surface area contributed by atoms with Gasteiger partial charge in [0.15, 0.2) is 0 Å². The Morgan fingerprint density at radius 2 is 1.95 bits per heavy atom. The van der Waals surface area contributed by atoms with Crippen molar-refractivity contribution in [2.75, 3.05) is 0 Å². The molecule has 1 aromatic heterocycles. The summed E-state index contributed by atoms with van der Waals surface area (Å²) in [6.07, 6.45) is 8.60. The molecule has 4 bridgehead atoms. The first-order valence-electron chi connectivity index (χ1n) is 8.48. The summed E-state index contributed by atoms with van der Waals surface area (Å²) in [4.78, 5) is 17.3. The number of nitrogens with zero attached hydrogens (tertiary/aromatic N) is 2. The number of H-pyrrole nitrogens is 1. The van der Waals surface area contributed by atoms with E-state index >= 15 is 0 Å². The Bertz CT molecular complexity index is 578. The van der Waals surface area contributed by atoms with Crippen molar-refractivity contribution in [1.82, 2.24) is 20.5 Å². The van der Waals surface area contributed by atoms with Crippen molar-refractivity contribution in [3.8, 4) is 0 Å². The molecule has 0 spiro atoms. The summed E-state index contributed by atoms with van der Waals surface area (Å²) in [5, 5.41) is 9.93. The van der Waals surface area contributed by atoms with Crippen molar-refractivity contribution in [2.45, 2.75) is 65.3 Å². The van der Waals surface area contributed by atoms with Crippen LogP contribution in [0.15, 0.2) is 6.33 Å². The maximum absolute atomic E-state index is 13.1. The van der Waals surface area contributed by atoms with E-state index in [2.05, 4.69) is 34.3 Å². The molecule has 3 atom stereocenters. The van der Waals surface area contributed by atoms with E-state index in [1.54, 1.807) is 0 Å². The third kappa shape index (κ3) is 2.09. The lowest BCUT2D eigenvalue weighted by molar-refractivity contribution is -0.170. The standard InChI is InChI=1S/C17H26N4O/c1-11(13-18-10-19-21-13)20-14(22)17-6-12-4-15(2,8-17)7-16(3,5-12)9-17/h10-12H,4-9H2,1-3H3,(H,20,22)(H,18,19,21)/t11-,12?,15-,16-,17?/m1/s1. The zero-order chi connectivity index (χ0) is 15.6. The fourth-order valence-electron chi connectivity index (χ4n) is 6.54. The summed E-state index contributed by atoms with van der Waals surface area (Å²) in [7, 11) is 0. The van der Waals surface area contributed by atoms with Crippen molar-refractivity contribution >= 4 is 5.91 Å². The number of amides is 1. The van der Waals surface area contributed by atoms with E-state index in [1.165, 1.54) is 25.6 Å². The molecule has 120 valence electrons. The fraction of sp³-hybridized carbons (Fsp3) is 0.824. The lowest BCUT2D eigenvalue weighted by Crippen LogP contribution is -2.60. The molecule has 5 heteroatoms. The highest BCUT2D eigenvalue weighted by atomic mass is 16.2. The van der Waals surface area contributed by atoms with Crippen LogP contribution in [0.3, 0.4) is 0 Å². The molecule has 0 aliphatic heterocycles. The molecule has 1 heterocycles. The number of nitrogens with one attached hydrogen (secondary N) is 2. The van der Waals surface area contributed by atoms with E-state index in [0.717, 1.165) is 31.0 Å². The summed E-state index contributed by atoms with van der Waals surface area (Å²) in [6, 6.07) is -0.108. The molecule has 0 radical (unpaired) electrons. The van der Waals surface area contributed by atoms with Crippen molar-refractivity contribution in [2.24, 2.45) is 22.2 Å². The van der Waals surface area contributed by atoms with Crippen LogP contribution in [0.2, 0.25) is 0 Å².